The zero-order valence-electron chi connectivity index (χ0n) is 12.6. The van der Waals surface area contributed by atoms with Crippen molar-refractivity contribution in [2.45, 2.75) is 0 Å². The van der Waals surface area contributed by atoms with Crippen LogP contribution in [0.25, 0.3) is 5.82 Å². The van der Waals surface area contributed by atoms with E-state index in [4.69, 9.17) is 4.74 Å². The van der Waals surface area contributed by atoms with Crippen molar-refractivity contribution in [1.82, 2.24) is 19.7 Å². The fraction of sp³-hybridized carbons (Fsp3) is 0.400. The quantitative estimate of drug-likeness (QED) is 0.826. The number of amides is 1. The zero-order valence-corrected chi connectivity index (χ0v) is 12.6. The largest absolute Gasteiger partial charge is 0.375 e. The molecular weight excluding hydrogens is 282 g/mol. The molecule has 1 fully saturated rings. The smallest absolute Gasteiger partial charge is 0.248 e. The van der Waals surface area contributed by atoms with Gasteiger partial charge in [-0.15, -0.1) is 10.2 Å². The molecule has 2 aromatic rings. The van der Waals surface area contributed by atoms with Crippen molar-refractivity contribution in [3.8, 4) is 5.82 Å². The van der Waals surface area contributed by atoms with Crippen molar-refractivity contribution in [3.63, 3.8) is 0 Å². The third kappa shape index (κ3) is 3.09. The Morgan fingerprint density at radius 3 is 2.32 bits per heavy atom. The summed E-state index contributed by atoms with van der Waals surface area (Å²) in [4.78, 5) is 15.7. The van der Waals surface area contributed by atoms with Crippen LogP contribution in [0.5, 0.6) is 0 Å². The van der Waals surface area contributed by atoms with Gasteiger partial charge in [-0.2, -0.15) is 0 Å². The molecule has 0 aliphatic carbocycles. The summed E-state index contributed by atoms with van der Waals surface area (Å²) in [5.74, 6) is 1.67. The lowest BCUT2D eigenvalue weighted by Crippen LogP contribution is -2.50. The second-order valence-corrected chi connectivity index (χ2v) is 5.14. The van der Waals surface area contributed by atoms with E-state index < -0.39 is 0 Å². The Labute approximate surface area is 129 Å². The van der Waals surface area contributed by atoms with Gasteiger partial charge in [-0.1, -0.05) is 0 Å². The Hall–Kier alpha value is -2.41. The van der Waals surface area contributed by atoms with Gasteiger partial charge in [0, 0.05) is 45.7 Å². The lowest BCUT2D eigenvalue weighted by Gasteiger charge is -2.35. The number of ether oxygens (including phenoxy) is 1. The highest BCUT2D eigenvalue weighted by molar-refractivity contribution is 5.77. The highest BCUT2D eigenvalue weighted by Crippen LogP contribution is 2.14. The van der Waals surface area contributed by atoms with E-state index in [-0.39, 0.29) is 12.5 Å². The molecule has 3 rings (SSSR count). The number of anilines is 1. The fourth-order valence-corrected chi connectivity index (χ4v) is 2.51. The monoisotopic (exact) mass is 301 g/mol. The third-order valence-corrected chi connectivity index (χ3v) is 3.73. The molecule has 0 spiro atoms. The van der Waals surface area contributed by atoms with Crippen LogP contribution in [0.15, 0.2) is 36.7 Å². The number of methoxy groups -OCH3 is 1. The minimum absolute atomic E-state index is 0.0381. The van der Waals surface area contributed by atoms with E-state index in [1.807, 2.05) is 46.1 Å². The molecule has 0 N–H and O–H groups in total. The van der Waals surface area contributed by atoms with Gasteiger partial charge < -0.3 is 19.1 Å². The summed E-state index contributed by atoms with van der Waals surface area (Å²) >= 11 is 0. The van der Waals surface area contributed by atoms with Crippen molar-refractivity contribution in [2.75, 3.05) is 44.8 Å². The molecule has 3 heterocycles. The first-order valence-corrected chi connectivity index (χ1v) is 7.26. The van der Waals surface area contributed by atoms with Gasteiger partial charge in [-0.3, -0.25) is 4.79 Å². The summed E-state index contributed by atoms with van der Waals surface area (Å²) in [6.45, 7) is 3.03. The van der Waals surface area contributed by atoms with Crippen molar-refractivity contribution >= 4 is 11.7 Å². The summed E-state index contributed by atoms with van der Waals surface area (Å²) < 4.78 is 6.80. The Bertz CT molecular complexity index is 603. The number of carbonyl (C=O) groups is 1. The van der Waals surface area contributed by atoms with E-state index >= 15 is 0 Å². The van der Waals surface area contributed by atoms with Gasteiger partial charge >= 0.3 is 0 Å². The lowest BCUT2D eigenvalue weighted by atomic mass is 10.3. The summed E-state index contributed by atoms with van der Waals surface area (Å²) in [5, 5.41) is 8.54. The molecule has 116 valence electrons. The van der Waals surface area contributed by atoms with Crippen LogP contribution in [-0.4, -0.2) is 65.5 Å². The topological polar surface area (TPSA) is 63.5 Å². The van der Waals surface area contributed by atoms with E-state index in [1.165, 1.54) is 7.11 Å². The van der Waals surface area contributed by atoms with Crippen LogP contribution in [0.4, 0.5) is 5.82 Å². The van der Waals surface area contributed by atoms with Crippen LogP contribution in [0.3, 0.4) is 0 Å². The van der Waals surface area contributed by atoms with Crippen LogP contribution in [0.2, 0.25) is 0 Å². The Balaban J connectivity index is 1.61. The van der Waals surface area contributed by atoms with Gasteiger partial charge in [0.25, 0.3) is 0 Å². The van der Waals surface area contributed by atoms with Gasteiger partial charge in [0.15, 0.2) is 11.6 Å². The van der Waals surface area contributed by atoms with Crippen molar-refractivity contribution in [3.05, 3.63) is 36.7 Å². The van der Waals surface area contributed by atoms with Gasteiger partial charge in [-0.05, 0) is 24.3 Å². The molecule has 22 heavy (non-hydrogen) atoms. The summed E-state index contributed by atoms with van der Waals surface area (Å²) in [7, 11) is 1.54. The minimum Gasteiger partial charge on any atom is -0.375 e. The number of rotatable bonds is 4. The summed E-state index contributed by atoms with van der Waals surface area (Å²) in [5.41, 5.74) is 0. The average molecular weight is 301 g/mol. The standard InChI is InChI=1S/C15H19N5O2/c1-22-12-15(21)20-10-8-19(9-11-20)14-5-4-13(16-17-14)18-6-2-3-7-18/h2-7H,8-12H2,1H3. The summed E-state index contributed by atoms with van der Waals surface area (Å²) in [6, 6.07) is 7.82. The Kier molecular flexibility index (Phi) is 4.34. The Morgan fingerprint density at radius 1 is 1.09 bits per heavy atom. The van der Waals surface area contributed by atoms with Gasteiger partial charge in [0.2, 0.25) is 5.91 Å². The first-order chi connectivity index (χ1) is 10.8. The molecule has 0 aromatic carbocycles. The molecule has 0 radical (unpaired) electrons. The average Bonchev–Trinajstić information content (AvgIpc) is 3.10. The van der Waals surface area contributed by atoms with E-state index in [2.05, 4.69) is 15.1 Å². The predicted molar refractivity (Wildman–Crippen MR) is 82.0 cm³/mol. The minimum atomic E-state index is 0.0381. The SMILES string of the molecule is COCC(=O)N1CCN(c2ccc(-n3cccc3)nn2)CC1. The van der Waals surface area contributed by atoms with E-state index in [0.29, 0.717) is 13.1 Å². The van der Waals surface area contributed by atoms with E-state index in [9.17, 15) is 4.79 Å². The van der Waals surface area contributed by atoms with Gasteiger partial charge in [-0.25, -0.2) is 0 Å². The Morgan fingerprint density at radius 2 is 1.73 bits per heavy atom. The van der Waals surface area contributed by atoms with Crippen LogP contribution in [0.1, 0.15) is 0 Å². The maximum Gasteiger partial charge on any atom is 0.248 e. The second-order valence-electron chi connectivity index (χ2n) is 5.14. The first-order valence-electron chi connectivity index (χ1n) is 7.26. The number of piperazine rings is 1. The molecule has 0 unspecified atom stereocenters. The molecule has 0 saturated carbocycles. The molecule has 0 bridgehead atoms. The first kappa shape index (κ1) is 14.5. The highest BCUT2D eigenvalue weighted by Gasteiger charge is 2.21. The van der Waals surface area contributed by atoms with Crippen molar-refractivity contribution < 1.29 is 9.53 Å². The maximum atomic E-state index is 11.8. The molecule has 1 amide bonds. The maximum absolute atomic E-state index is 11.8. The molecule has 1 aliphatic heterocycles. The second kappa shape index (κ2) is 6.57. The number of hydrogen-bond acceptors (Lipinski definition) is 5. The van der Waals surface area contributed by atoms with Crippen molar-refractivity contribution in [1.29, 1.82) is 0 Å². The summed E-state index contributed by atoms with van der Waals surface area (Å²) in [6.07, 6.45) is 3.87. The van der Waals surface area contributed by atoms with E-state index in [0.717, 1.165) is 24.7 Å². The molecule has 7 heteroatoms. The van der Waals surface area contributed by atoms with Crippen LogP contribution in [0, 0.1) is 0 Å². The lowest BCUT2D eigenvalue weighted by molar-refractivity contribution is -0.135. The van der Waals surface area contributed by atoms with Gasteiger partial charge in [0.1, 0.15) is 6.61 Å². The van der Waals surface area contributed by atoms with Crippen LogP contribution < -0.4 is 4.90 Å². The molecule has 0 atom stereocenters. The predicted octanol–water partition coefficient (Wildman–Crippen LogP) is 0.562. The zero-order chi connectivity index (χ0) is 15.4. The van der Waals surface area contributed by atoms with Crippen LogP contribution >= 0.6 is 0 Å². The number of hydrogen-bond donors (Lipinski definition) is 0. The molecule has 1 saturated heterocycles. The van der Waals surface area contributed by atoms with Crippen molar-refractivity contribution in [2.24, 2.45) is 0 Å². The highest BCUT2D eigenvalue weighted by atomic mass is 16.5. The molecule has 1 aliphatic rings. The van der Waals surface area contributed by atoms with E-state index in [1.54, 1.807) is 0 Å². The fourth-order valence-electron chi connectivity index (χ4n) is 2.51. The molecule has 2 aromatic heterocycles. The number of nitrogens with zero attached hydrogens (tertiary/aromatic N) is 5. The normalized spacial score (nSPS) is 15.1. The molecular formula is C15H19N5O2. The number of carbonyl (C=O) groups excluding carboxylic acids is 1. The number of aromatic nitrogens is 3. The molecule has 7 nitrogen and oxygen atoms in total. The van der Waals surface area contributed by atoms with Crippen LogP contribution in [-0.2, 0) is 9.53 Å². The third-order valence-electron chi connectivity index (χ3n) is 3.73. The van der Waals surface area contributed by atoms with Gasteiger partial charge in [0.05, 0.1) is 0 Å².